The normalized spacial score (nSPS) is 30.4. The topological polar surface area (TPSA) is 160 Å². The average Bonchev–Trinajstić information content (AvgIpc) is 3.70. The number of fused-ring (bicyclic) bond motifs is 2. The predicted molar refractivity (Wildman–Crippen MR) is 191 cm³/mol. The number of carbonyl (C=O) groups excluding carboxylic acids is 4. The molecule has 0 saturated carbocycles. The van der Waals surface area contributed by atoms with Crippen LogP contribution in [0.25, 0.3) is 0 Å². The van der Waals surface area contributed by atoms with Crippen molar-refractivity contribution in [3.8, 4) is 0 Å². The summed E-state index contributed by atoms with van der Waals surface area (Å²) in [6, 6.07) is 24.5. The maximum absolute atomic E-state index is 13.4. The van der Waals surface area contributed by atoms with Crippen molar-refractivity contribution in [1.29, 1.82) is 0 Å². The lowest BCUT2D eigenvalue weighted by Gasteiger charge is -2.47. The molecule has 286 valence electrons. The number of aliphatic hydroxyl groups excluding tert-OH is 1. The largest absolute Gasteiger partial charge is 0.441 e. The first kappa shape index (κ1) is 37.9. The highest BCUT2D eigenvalue weighted by Gasteiger charge is 2.62. The van der Waals surface area contributed by atoms with E-state index in [9.17, 15) is 24.3 Å². The Labute approximate surface area is 316 Å². The molecule has 0 aliphatic carbocycles. The van der Waals surface area contributed by atoms with Crippen LogP contribution in [0.4, 0.5) is 9.59 Å². The van der Waals surface area contributed by atoms with Crippen LogP contribution < -0.4 is 0 Å². The van der Waals surface area contributed by atoms with Crippen LogP contribution in [0.2, 0.25) is 0 Å². The third-order valence-corrected chi connectivity index (χ3v) is 10.9. The van der Waals surface area contributed by atoms with Gasteiger partial charge >= 0.3 is 12.2 Å². The Hall–Kier alpha value is -4.35. The molecule has 4 aliphatic rings. The standard InChI is InChI=1S/C39H42N2O12S/c1-22-14-16-27(17-15-22)54-37-31-35(53-39(46)41(31)24(3)43)33(29(50-37)21-48-19-26-12-8-5-9-13-26)51-36-30-34(52-38(45)40(30)23(2)42)32(44)28(49-36)20-47-18-25-10-6-4-7-11-25/h4-17,28-37,44H,18-21H2,1-3H3/t28-,29-,30-,31-,32+,33+,34-,35-,36+,37+/m1/s1. The van der Waals surface area contributed by atoms with Crippen molar-refractivity contribution in [2.45, 2.75) is 99.3 Å². The van der Waals surface area contributed by atoms with Gasteiger partial charge in [0.1, 0.15) is 41.9 Å². The van der Waals surface area contributed by atoms with E-state index in [0.29, 0.717) is 0 Å². The molecule has 0 radical (unpaired) electrons. The number of imide groups is 2. The predicted octanol–water partition coefficient (Wildman–Crippen LogP) is 4.19. The maximum atomic E-state index is 13.4. The highest BCUT2D eigenvalue weighted by Crippen LogP contribution is 2.43. The lowest BCUT2D eigenvalue weighted by atomic mass is 9.95. The fourth-order valence-electron chi connectivity index (χ4n) is 7.16. The molecular formula is C39H42N2O12S. The van der Waals surface area contributed by atoms with Gasteiger partial charge < -0.3 is 38.3 Å². The van der Waals surface area contributed by atoms with Gasteiger partial charge in [-0.25, -0.2) is 19.4 Å². The summed E-state index contributed by atoms with van der Waals surface area (Å²) in [7, 11) is 0. The third kappa shape index (κ3) is 8.03. The Bertz CT molecular complexity index is 1800. The van der Waals surface area contributed by atoms with E-state index in [-0.39, 0.29) is 26.4 Å². The van der Waals surface area contributed by atoms with Crippen molar-refractivity contribution in [1.82, 2.24) is 9.80 Å². The summed E-state index contributed by atoms with van der Waals surface area (Å²) >= 11 is 1.32. The highest BCUT2D eigenvalue weighted by molar-refractivity contribution is 7.99. The molecule has 0 unspecified atom stereocenters. The summed E-state index contributed by atoms with van der Waals surface area (Å²) < 4.78 is 43.3. The van der Waals surface area contributed by atoms with Gasteiger partial charge in [-0.15, -0.1) is 0 Å². The maximum Gasteiger partial charge on any atom is 0.417 e. The van der Waals surface area contributed by atoms with E-state index in [0.717, 1.165) is 31.4 Å². The first-order valence-corrected chi connectivity index (χ1v) is 18.6. The van der Waals surface area contributed by atoms with Gasteiger partial charge in [0.15, 0.2) is 18.5 Å². The van der Waals surface area contributed by atoms with Gasteiger partial charge in [0, 0.05) is 18.7 Å². The Balaban J connectivity index is 1.20. The lowest BCUT2D eigenvalue weighted by Crippen LogP contribution is -2.66. The smallest absolute Gasteiger partial charge is 0.417 e. The number of aryl methyl sites for hydroxylation is 1. The van der Waals surface area contributed by atoms with Gasteiger partial charge in [-0.3, -0.25) is 9.59 Å². The van der Waals surface area contributed by atoms with E-state index in [1.165, 1.54) is 25.6 Å². The van der Waals surface area contributed by atoms with Crippen LogP contribution in [0.5, 0.6) is 0 Å². The first-order chi connectivity index (χ1) is 26.1. The van der Waals surface area contributed by atoms with E-state index in [4.69, 9.17) is 33.2 Å². The molecule has 4 saturated heterocycles. The number of amides is 4. The molecule has 1 N–H and O–H groups in total. The van der Waals surface area contributed by atoms with E-state index in [1.54, 1.807) is 0 Å². The molecule has 4 amide bonds. The number of ether oxygens (including phenoxy) is 7. The monoisotopic (exact) mass is 762 g/mol. The second-order valence-corrected chi connectivity index (χ2v) is 14.7. The number of carbonyl (C=O) groups is 4. The first-order valence-electron chi connectivity index (χ1n) is 17.7. The molecule has 14 nitrogen and oxygen atoms in total. The Kier molecular flexibility index (Phi) is 11.6. The van der Waals surface area contributed by atoms with Crippen molar-refractivity contribution in [3.63, 3.8) is 0 Å². The zero-order chi connectivity index (χ0) is 37.9. The summed E-state index contributed by atoms with van der Waals surface area (Å²) in [4.78, 5) is 55.0. The molecule has 54 heavy (non-hydrogen) atoms. The minimum atomic E-state index is -1.41. The Morgan fingerprint density at radius 2 is 1.26 bits per heavy atom. The van der Waals surface area contributed by atoms with Crippen LogP contribution in [-0.4, -0.2) is 113 Å². The molecule has 4 fully saturated rings. The van der Waals surface area contributed by atoms with Crippen molar-refractivity contribution in [2.24, 2.45) is 0 Å². The van der Waals surface area contributed by atoms with E-state index in [1.807, 2.05) is 91.9 Å². The molecule has 0 spiro atoms. The minimum Gasteiger partial charge on any atom is -0.441 e. The van der Waals surface area contributed by atoms with E-state index in [2.05, 4.69) is 0 Å². The summed E-state index contributed by atoms with van der Waals surface area (Å²) in [5.74, 6) is -1.20. The van der Waals surface area contributed by atoms with Crippen LogP contribution in [0.1, 0.15) is 30.5 Å². The number of benzene rings is 3. The van der Waals surface area contributed by atoms with Crippen LogP contribution in [0.3, 0.4) is 0 Å². The summed E-state index contributed by atoms with van der Waals surface area (Å²) in [5.41, 5.74) is 2.06. The third-order valence-electron chi connectivity index (χ3n) is 9.75. The number of thioether (sulfide) groups is 1. The molecule has 3 aromatic carbocycles. The molecule has 0 aromatic heterocycles. The fourth-order valence-corrected chi connectivity index (χ4v) is 8.34. The van der Waals surface area contributed by atoms with Crippen molar-refractivity contribution >= 4 is 35.8 Å². The second kappa shape index (κ2) is 16.6. The van der Waals surface area contributed by atoms with Gasteiger partial charge in [0.05, 0.1) is 26.4 Å². The summed E-state index contributed by atoms with van der Waals surface area (Å²) in [6.45, 7) is 4.72. The molecule has 10 atom stereocenters. The molecule has 7 rings (SSSR count). The molecule has 3 aromatic rings. The van der Waals surface area contributed by atoms with Crippen molar-refractivity contribution in [2.75, 3.05) is 13.2 Å². The Morgan fingerprint density at radius 3 is 1.83 bits per heavy atom. The molecule has 0 bridgehead atoms. The van der Waals surface area contributed by atoms with Crippen LogP contribution in [0.15, 0.2) is 89.8 Å². The lowest BCUT2D eigenvalue weighted by molar-refractivity contribution is -0.309. The van der Waals surface area contributed by atoms with Crippen LogP contribution in [0, 0.1) is 6.92 Å². The molecule has 4 heterocycles. The number of hydrogen-bond acceptors (Lipinski definition) is 13. The quantitative estimate of drug-likeness (QED) is 0.280. The zero-order valence-corrected chi connectivity index (χ0v) is 30.7. The zero-order valence-electron chi connectivity index (χ0n) is 29.9. The van der Waals surface area contributed by atoms with E-state index < -0.39 is 84.4 Å². The average molecular weight is 763 g/mol. The van der Waals surface area contributed by atoms with Crippen LogP contribution in [-0.2, 0) is 56.0 Å². The van der Waals surface area contributed by atoms with Gasteiger partial charge in [-0.05, 0) is 30.2 Å². The highest BCUT2D eigenvalue weighted by atomic mass is 32.2. The number of nitrogens with zero attached hydrogens (tertiary/aromatic N) is 2. The summed E-state index contributed by atoms with van der Waals surface area (Å²) in [5, 5.41) is 11.4. The van der Waals surface area contributed by atoms with Crippen molar-refractivity contribution < 1.29 is 57.4 Å². The minimum absolute atomic E-state index is 0.0374. The van der Waals surface area contributed by atoms with Gasteiger partial charge in [-0.1, -0.05) is 90.1 Å². The fraction of sp³-hybridized carbons (Fsp3) is 0.436. The second-order valence-electron chi connectivity index (χ2n) is 13.6. The summed E-state index contributed by atoms with van der Waals surface area (Å²) in [6.07, 6.45) is -10.1. The number of hydrogen-bond donors (Lipinski definition) is 1. The Morgan fingerprint density at radius 1 is 0.722 bits per heavy atom. The van der Waals surface area contributed by atoms with Gasteiger partial charge in [0.2, 0.25) is 11.8 Å². The van der Waals surface area contributed by atoms with Gasteiger partial charge in [-0.2, -0.15) is 0 Å². The molecular weight excluding hydrogens is 720 g/mol. The van der Waals surface area contributed by atoms with Crippen LogP contribution >= 0.6 is 11.8 Å². The number of aliphatic hydroxyl groups is 1. The van der Waals surface area contributed by atoms with E-state index >= 15 is 0 Å². The molecule has 4 aliphatic heterocycles. The number of rotatable bonds is 12. The van der Waals surface area contributed by atoms with Gasteiger partial charge in [0.25, 0.3) is 0 Å². The SMILES string of the molecule is CC(=O)N1C(=O)O[C@H]2[C@@H](O[C@@H]3O[C@H](COCc4ccccc4)[C@H](O)[C@@H]4OC(=O)N(C(C)=O)[C@@H]34)[C@@H](COCc3ccccc3)O[C@@H](Sc3ccc(C)cc3)[C@@H]21. The molecule has 15 heteroatoms. The van der Waals surface area contributed by atoms with Crippen molar-refractivity contribution in [3.05, 3.63) is 102 Å².